The molecule has 3 saturated carbocycles. The number of fused-ring (bicyclic) bond motifs is 2. The molecule has 4 heteroatoms. The van der Waals surface area contributed by atoms with Crippen molar-refractivity contribution in [3.63, 3.8) is 0 Å². The molecule has 4 nitrogen and oxygen atoms in total. The van der Waals surface area contributed by atoms with Gasteiger partial charge in [0.25, 0.3) is 0 Å². The Labute approximate surface area is 131 Å². The molecule has 0 saturated heterocycles. The molecule has 1 spiro atoms. The zero-order valence-corrected chi connectivity index (χ0v) is 13.0. The number of nitrogens with two attached hydrogens (primary N) is 2. The van der Waals surface area contributed by atoms with E-state index in [0.29, 0.717) is 11.8 Å². The fourth-order valence-corrected chi connectivity index (χ4v) is 6.57. The molecule has 0 aromatic heterocycles. The van der Waals surface area contributed by atoms with Gasteiger partial charge in [-0.3, -0.25) is 9.59 Å². The molecule has 0 aromatic carbocycles. The molecule has 0 heterocycles. The van der Waals surface area contributed by atoms with E-state index in [1.165, 1.54) is 32.1 Å². The summed E-state index contributed by atoms with van der Waals surface area (Å²) >= 11 is 0. The highest BCUT2D eigenvalue weighted by Gasteiger charge is 2.63. The van der Waals surface area contributed by atoms with Crippen LogP contribution in [0.5, 0.6) is 0 Å². The predicted molar refractivity (Wildman–Crippen MR) is 83.2 cm³/mol. The van der Waals surface area contributed by atoms with E-state index in [2.05, 4.69) is 12.2 Å². The number of allylic oxidation sites excluding steroid dienone is 2. The molecular formula is C18H26N2O2. The van der Waals surface area contributed by atoms with E-state index in [0.717, 1.165) is 18.8 Å². The number of carbonyl (C=O) groups is 2. The van der Waals surface area contributed by atoms with Crippen LogP contribution < -0.4 is 11.5 Å². The lowest BCUT2D eigenvalue weighted by atomic mass is 9.41. The third-order valence-electron chi connectivity index (χ3n) is 7.34. The summed E-state index contributed by atoms with van der Waals surface area (Å²) in [5.74, 6) is 0.722. The maximum Gasteiger partial charge on any atom is 0.222 e. The van der Waals surface area contributed by atoms with Gasteiger partial charge in [0.15, 0.2) is 0 Å². The first-order valence-corrected chi connectivity index (χ1v) is 8.82. The average Bonchev–Trinajstić information content (AvgIpc) is 2.53. The van der Waals surface area contributed by atoms with Crippen molar-refractivity contribution < 1.29 is 9.59 Å². The lowest BCUT2D eigenvalue weighted by Gasteiger charge is -2.62. The smallest absolute Gasteiger partial charge is 0.222 e. The molecule has 120 valence electrons. The third-order valence-corrected chi connectivity index (χ3v) is 7.34. The Morgan fingerprint density at radius 2 is 1.82 bits per heavy atom. The maximum absolute atomic E-state index is 12.2. The molecule has 5 aliphatic rings. The van der Waals surface area contributed by atoms with Gasteiger partial charge in [-0.1, -0.05) is 31.4 Å². The Balaban J connectivity index is 1.77. The summed E-state index contributed by atoms with van der Waals surface area (Å²) in [7, 11) is 0. The van der Waals surface area contributed by atoms with E-state index in [1.807, 2.05) is 0 Å². The third kappa shape index (κ3) is 1.76. The van der Waals surface area contributed by atoms with Gasteiger partial charge in [0.05, 0.1) is 11.8 Å². The second-order valence-electron chi connectivity index (χ2n) is 8.03. The van der Waals surface area contributed by atoms with Crippen molar-refractivity contribution in [1.29, 1.82) is 0 Å². The summed E-state index contributed by atoms with van der Waals surface area (Å²) < 4.78 is 0. The lowest BCUT2D eigenvalue weighted by Crippen LogP contribution is -2.62. The minimum atomic E-state index is -0.390. The molecule has 0 aliphatic heterocycles. The first kappa shape index (κ1) is 14.3. The van der Waals surface area contributed by atoms with Gasteiger partial charge in [-0.05, 0) is 49.4 Å². The quantitative estimate of drug-likeness (QED) is 0.764. The molecular weight excluding hydrogens is 276 g/mol. The van der Waals surface area contributed by atoms with Gasteiger partial charge in [0.2, 0.25) is 11.8 Å². The van der Waals surface area contributed by atoms with E-state index in [9.17, 15) is 9.59 Å². The Morgan fingerprint density at radius 1 is 1.05 bits per heavy atom. The largest absolute Gasteiger partial charge is 0.369 e. The van der Waals surface area contributed by atoms with E-state index in [4.69, 9.17) is 11.5 Å². The first-order chi connectivity index (χ1) is 10.5. The Hall–Kier alpha value is -1.32. The second-order valence-corrected chi connectivity index (χ2v) is 8.03. The molecule has 22 heavy (non-hydrogen) atoms. The fraction of sp³-hybridized carbons (Fsp3) is 0.778. The molecule has 3 fully saturated rings. The Bertz CT molecular complexity index is 543. The van der Waals surface area contributed by atoms with E-state index < -0.39 is 0 Å². The summed E-state index contributed by atoms with van der Waals surface area (Å²) in [4.78, 5) is 24.2. The molecule has 0 aromatic rings. The van der Waals surface area contributed by atoms with Crippen molar-refractivity contribution in [3.05, 3.63) is 12.2 Å². The van der Waals surface area contributed by atoms with Crippen molar-refractivity contribution in [3.8, 4) is 0 Å². The van der Waals surface area contributed by atoms with Crippen LogP contribution >= 0.6 is 0 Å². The minimum Gasteiger partial charge on any atom is -0.369 e. The zero-order chi connectivity index (χ0) is 15.5. The topological polar surface area (TPSA) is 86.2 Å². The minimum absolute atomic E-state index is 0.113. The SMILES string of the molecule is NC(=O)C1C2C=CC3(CCC4CCCCC4C3C2)C1C(N)=O. The average molecular weight is 302 g/mol. The van der Waals surface area contributed by atoms with Crippen molar-refractivity contribution in [1.82, 2.24) is 0 Å². The first-order valence-electron chi connectivity index (χ1n) is 8.82. The highest BCUT2D eigenvalue weighted by atomic mass is 16.2. The van der Waals surface area contributed by atoms with Gasteiger partial charge in [-0.25, -0.2) is 0 Å². The molecule has 5 aliphatic carbocycles. The van der Waals surface area contributed by atoms with Gasteiger partial charge in [0, 0.05) is 5.41 Å². The number of carbonyl (C=O) groups excluding carboxylic acids is 2. The van der Waals surface area contributed by atoms with Crippen LogP contribution in [0.4, 0.5) is 0 Å². The van der Waals surface area contributed by atoms with Crippen LogP contribution in [0.3, 0.4) is 0 Å². The molecule has 2 amide bonds. The lowest BCUT2D eigenvalue weighted by molar-refractivity contribution is -0.155. The summed E-state index contributed by atoms with van der Waals surface area (Å²) in [6.07, 6.45) is 12.9. The normalized spacial score (nSPS) is 49.3. The molecule has 7 unspecified atom stereocenters. The Kier molecular flexibility index (Phi) is 3.14. The summed E-state index contributed by atoms with van der Waals surface area (Å²) in [5.41, 5.74) is 11.2. The van der Waals surface area contributed by atoms with Crippen LogP contribution in [-0.4, -0.2) is 11.8 Å². The highest BCUT2D eigenvalue weighted by molar-refractivity contribution is 5.88. The number of rotatable bonds is 2. The molecule has 0 radical (unpaired) electrons. The van der Waals surface area contributed by atoms with Crippen LogP contribution in [0, 0.1) is 40.9 Å². The van der Waals surface area contributed by atoms with Crippen molar-refractivity contribution in [2.45, 2.75) is 44.9 Å². The summed E-state index contributed by atoms with van der Waals surface area (Å²) in [6.45, 7) is 0. The van der Waals surface area contributed by atoms with E-state index >= 15 is 0 Å². The van der Waals surface area contributed by atoms with Crippen molar-refractivity contribution in [2.24, 2.45) is 52.4 Å². The highest BCUT2D eigenvalue weighted by Crippen LogP contribution is 2.65. The van der Waals surface area contributed by atoms with Gasteiger partial charge in [0.1, 0.15) is 0 Å². The molecule has 2 bridgehead atoms. The van der Waals surface area contributed by atoms with Gasteiger partial charge in [-0.2, -0.15) is 0 Å². The van der Waals surface area contributed by atoms with Crippen molar-refractivity contribution in [2.75, 3.05) is 0 Å². The Morgan fingerprint density at radius 3 is 2.55 bits per heavy atom. The van der Waals surface area contributed by atoms with Crippen LogP contribution in [0.2, 0.25) is 0 Å². The second kappa shape index (κ2) is 4.84. The number of hydrogen-bond acceptors (Lipinski definition) is 2. The van der Waals surface area contributed by atoms with Crippen LogP contribution in [0.25, 0.3) is 0 Å². The molecule has 5 rings (SSSR count). The number of primary amides is 2. The standard InChI is InChI=1S/C18H26N2O2/c19-16(21)14-11-6-8-18(15(14)17(20)22)7-5-10-3-1-2-4-12(10)13(18)9-11/h6,8,10-15H,1-5,7,9H2,(H2,19,21)(H2,20,22). The van der Waals surface area contributed by atoms with Crippen LogP contribution in [0.15, 0.2) is 12.2 Å². The van der Waals surface area contributed by atoms with E-state index in [1.54, 1.807) is 0 Å². The maximum atomic E-state index is 12.2. The van der Waals surface area contributed by atoms with E-state index in [-0.39, 0.29) is 35.0 Å². The molecule has 4 N–H and O–H groups in total. The summed E-state index contributed by atoms with van der Waals surface area (Å²) in [5, 5.41) is 0. The van der Waals surface area contributed by atoms with Crippen LogP contribution in [-0.2, 0) is 9.59 Å². The van der Waals surface area contributed by atoms with Gasteiger partial charge < -0.3 is 11.5 Å². The fourth-order valence-electron chi connectivity index (χ4n) is 6.57. The summed E-state index contributed by atoms with van der Waals surface area (Å²) in [6, 6.07) is 0. The number of hydrogen-bond donors (Lipinski definition) is 2. The number of amides is 2. The van der Waals surface area contributed by atoms with Crippen molar-refractivity contribution >= 4 is 11.8 Å². The van der Waals surface area contributed by atoms with Gasteiger partial charge in [-0.15, -0.1) is 0 Å². The van der Waals surface area contributed by atoms with Gasteiger partial charge >= 0.3 is 0 Å². The van der Waals surface area contributed by atoms with Crippen LogP contribution in [0.1, 0.15) is 44.9 Å². The molecule has 7 atom stereocenters. The zero-order valence-electron chi connectivity index (χ0n) is 13.0. The monoisotopic (exact) mass is 302 g/mol. The predicted octanol–water partition coefficient (Wildman–Crippen LogP) is 1.98.